The number of rotatable bonds is 3. The summed E-state index contributed by atoms with van der Waals surface area (Å²) in [6.45, 7) is 3.33. The molecule has 28 heavy (non-hydrogen) atoms. The molecule has 5 N–H and O–H groups in total. The summed E-state index contributed by atoms with van der Waals surface area (Å²) in [4.78, 5) is 12.2. The van der Waals surface area contributed by atoms with Gasteiger partial charge < -0.3 is 25.8 Å². The van der Waals surface area contributed by atoms with Gasteiger partial charge in [-0.25, -0.2) is 15.0 Å². The summed E-state index contributed by atoms with van der Waals surface area (Å²) in [5, 5.41) is 32.9. The largest absolute Gasteiger partial charge is 0.387 e. The third-order valence-corrected chi connectivity index (χ3v) is 5.62. The maximum Gasteiger partial charge on any atom is 0.167 e. The fourth-order valence-corrected chi connectivity index (χ4v) is 3.65. The van der Waals surface area contributed by atoms with Crippen LogP contribution in [0.15, 0.2) is 30.9 Å². The molecular formula is C18H20ClN5O4. The highest BCUT2D eigenvalue weighted by Gasteiger charge is 2.52. The van der Waals surface area contributed by atoms with Crippen LogP contribution < -0.4 is 5.73 Å². The average Bonchev–Trinajstić information content (AvgIpc) is 3.20. The molecule has 10 heteroatoms. The minimum absolute atomic E-state index is 0.192. The topological polar surface area (TPSA) is 140 Å². The van der Waals surface area contributed by atoms with E-state index in [4.69, 9.17) is 22.1 Å². The fourth-order valence-electron chi connectivity index (χ4n) is 3.53. The number of benzene rings is 1. The Labute approximate surface area is 165 Å². The zero-order valence-corrected chi connectivity index (χ0v) is 15.9. The molecule has 3 aromatic rings. The molecule has 0 radical (unpaired) electrons. The molecular weight excluding hydrogens is 386 g/mol. The molecule has 0 aliphatic carbocycles. The van der Waals surface area contributed by atoms with E-state index in [0.29, 0.717) is 21.7 Å². The molecule has 3 heterocycles. The molecule has 1 aliphatic heterocycles. The standard InChI is InChI=1S/C18H20ClN5O4/c1-8-5-9(3-4-10(8)19)18(2,27)14-12(25)13(26)17(28-14)24-7-23-11-15(20)21-6-22-16(11)24/h3-7,12-14,17,25-27H,1-2H3,(H2,20,21,22)/t12-,13+,14-,17+,18+/m0/s1. The Balaban J connectivity index is 1.71. The van der Waals surface area contributed by atoms with Gasteiger partial charge in [-0.15, -0.1) is 0 Å². The van der Waals surface area contributed by atoms with Crippen LogP contribution in [0.4, 0.5) is 5.82 Å². The van der Waals surface area contributed by atoms with Crippen molar-refractivity contribution in [3.63, 3.8) is 0 Å². The van der Waals surface area contributed by atoms with E-state index in [1.807, 2.05) is 6.92 Å². The number of nitrogens with zero attached hydrogens (tertiary/aromatic N) is 4. The van der Waals surface area contributed by atoms with Gasteiger partial charge in [0.2, 0.25) is 0 Å². The summed E-state index contributed by atoms with van der Waals surface area (Å²) in [6.07, 6.45) is -2.12. The number of aryl methyl sites for hydroxylation is 1. The van der Waals surface area contributed by atoms with E-state index >= 15 is 0 Å². The maximum atomic E-state index is 11.2. The molecule has 1 aromatic carbocycles. The number of hydrogen-bond acceptors (Lipinski definition) is 8. The summed E-state index contributed by atoms with van der Waals surface area (Å²) in [5.74, 6) is 0.192. The number of aliphatic hydroxyl groups is 3. The van der Waals surface area contributed by atoms with Crippen molar-refractivity contribution in [2.75, 3.05) is 5.73 Å². The van der Waals surface area contributed by atoms with E-state index in [2.05, 4.69) is 15.0 Å². The number of aromatic nitrogens is 4. The van der Waals surface area contributed by atoms with Gasteiger partial charge in [0.1, 0.15) is 35.8 Å². The zero-order valence-electron chi connectivity index (χ0n) is 15.2. The van der Waals surface area contributed by atoms with Crippen molar-refractivity contribution < 1.29 is 20.1 Å². The van der Waals surface area contributed by atoms with Crippen LogP contribution >= 0.6 is 11.6 Å². The quantitative estimate of drug-likeness (QED) is 0.504. The van der Waals surface area contributed by atoms with Gasteiger partial charge in [0.25, 0.3) is 0 Å². The number of anilines is 1. The molecule has 0 unspecified atom stereocenters. The summed E-state index contributed by atoms with van der Waals surface area (Å²) < 4.78 is 7.37. The van der Waals surface area contributed by atoms with Crippen LogP contribution in [0.25, 0.3) is 11.2 Å². The molecule has 0 saturated carbocycles. The summed E-state index contributed by atoms with van der Waals surface area (Å²) in [5.41, 5.74) is 6.20. The lowest BCUT2D eigenvalue weighted by Crippen LogP contribution is -2.45. The third kappa shape index (κ3) is 2.83. The van der Waals surface area contributed by atoms with Crippen LogP contribution in [0.1, 0.15) is 24.3 Å². The van der Waals surface area contributed by atoms with Crippen LogP contribution in [-0.2, 0) is 10.3 Å². The van der Waals surface area contributed by atoms with Gasteiger partial charge in [-0.2, -0.15) is 0 Å². The molecule has 0 spiro atoms. The maximum absolute atomic E-state index is 11.2. The lowest BCUT2D eigenvalue weighted by atomic mass is 9.86. The van der Waals surface area contributed by atoms with Crippen LogP contribution in [0, 0.1) is 6.92 Å². The summed E-state index contributed by atoms with van der Waals surface area (Å²) in [7, 11) is 0. The van der Waals surface area contributed by atoms with Crippen molar-refractivity contribution in [1.82, 2.24) is 19.5 Å². The molecule has 1 aliphatic rings. The summed E-state index contributed by atoms with van der Waals surface area (Å²) in [6, 6.07) is 5.04. The highest BCUT2D eigenvalue weighted by atomic mass is 35.5. The Hall–Kier alpha value is -2.30. The van der Waals surface area contributed by atoms with E-state index < -0.39 is 30.1 Å². The smallest absolute Gasteiger partial charge is 0.167 e. The normalized spacial score (nSPS) is 27.2. The van der Waals surface area contributed by atoms with Crippen molar-refractivity contribution in [3.8, 4) is 0 Å². The zero-order chi connectivity index (χ0) is 20.2. The monoisotopic (exact) mass is 405 g/mol. The van der Waals surface area contributed by atoms with Gasteiger partial charge in [0.05, 0.1) is 6.33 Å². The van der Waals surface area contributed by atoms with Crippen molar-refractivity contribution in [2.24, 2.45) is 0 Å². The van der Waals surface area contributed by atoms with E-state index in [1.54, 1.807) is 18.2 Å². The number of hydrogen-bond donors (Lipinski definition) is 4. The number of halogens is 1. The molecule has 1 saturated heterocycles. The van der Waals surface area contributed by atoms with Crippen molar-refractivity contribution >= 4 is 28.6 Å². The minimum atomic E-state index is -1.59. The van der Waals surface area contributed by atoms with E-state index in [9.17, 15) is 15.3 Å². The van der Waals surface area contributed by atoms with Gasteiger partial charge in [-0.3, -0.25) is 4.57 Å². The van der Waals surface area contributed by atoms with Crippen molar-refractivity contribution in [1.29, 1.82) is 0 Å². The average molecular weight is 406 g/mol. The predicted molar refractivity (Wildman–Crippen MR) is 101 cm³/mol. The first-order valence-corrected chi connectivity index (χ1v) is 9.03. The molecule has 5 atom stereocenters. The lowest BCUT2D eigenvalue weighted by Gasteiger charge is -2.32. The Kier molecular flexibility index (Phi) is 4.52. The van der Waals surface area contributed by atoms with Gasteiger partial charge >= 0.3 is 0 Å². The first-order valence-electron chi connectivity index (χ1n) is 8.65. The van der Waals surface area contributed by atoms with Crippen LogP contribution in [-0.4, -0.2) is 53.2 Å². The second kappa shape index (κ2) is 6.64. The minimum Gasteiger partial charge on any atom is -0.387 e. The molecule has 4 rings (SSSR count). The molecule has 0 amide bonds. The van der Waals surface area contributed by atoms with E-state index in [-0.39, 0.29) is 5.82 Å². The van der Waals surface area contributed by atoms with Gasteiger partial charge in [0.15, 0.2) is 17.7 Å². The highest BCUT2D eigenvalue weighted by molar-refractivity contribution is 6.31. The first kappa shape index (κ1) is 19.0. The van der Waals surface area contributed by atoms with Crippen LogP contribution in [0.5, 0.6) is 0 Å². The highest BCUT2D eigenvalue weighted by Crippen LogP contribution is 2.40. The molecule has 2 aromatic heterocycles. The van der Waals surface area contributed by atoms with Crippen LogP contribution in [0.3, 0.4) is 0 Å². The Morgan fingerprint density at radius 1 is 1.21 bits per heavy atom. The fraction of sp³-hybridized carbons (Fsp3) is 0.389. The van der Waals surface area contributed by atoms with E-state index in [0.717, 1.165) is 5.56 Å². The SMILES string of the molecule is Cc1cc([C@@](C)(O)[C@H]2O[C@@H](n3cnc4c(N)ncnc43)[C@H](O)[C@@H]2O)ccc1Cl. The first-order chi connectivity index (χ1) is 13.2. The third-order valence-electron chi connectivity index (χ3n) is 5.20. The van der Waals surface area contributed by atoms with Crippen LogP contribution in [0.2, 0.25) is 5.02 Å². The predicted octanol–water partition coefficient (Wildman–Crippen LogP) is 0.897. The number of ether oxygens (including phenoxy) is 1. The van der Waals surface area contributed by atoms with Gasteiger partial charge in [-0.1, -0.05) is 23.7 Å². The summed E-state index contributed by atoms with van der Waals surface area (Å²) >= 11 is 6.07. The number of nitrogens with two attached hydrogens (primary N) is 1. The molecule has 0 bridgehead atoms. The second-order valence-corrected chi connectivity index (χ2v) is 7.53. The molecule has 9 nitrogen and oxygen atoms in total. The molecule has 1 fully saturated rings. The Bertz CT molecular complexity index is 1040. The number of imidazole rings is 1. The van der Waals surface area contributed by atoms with E-state index in [1.165, 1.54) is 24.1 Å². The number of aliphatic hydroxyl groups excluding tert-OH is 2. The van der Waals surface area contributed by atoms with Gasteiger partial charge in [-0.05, 0) is 31.0 Å². The number of fused-ring (bicyclic) bond motifs is 1. The molecule has 148 valence electrons. The Morgan fingerprint density at radius 3 is 2.68 bits per heavy atom. The second-order valence-electron chi connectivity index (χ2n) is 7.12. The van der Waals surface area contributed by atoms with Crippen molar-refractivity contribution in [3.05, 3.63) is 47.0 Å². The Morgan fingerprint density at radius 2 is 1.96 bits per heavy atom. The number of nitrogen functional groups attached to an aromatic ring is 1. The van der Waals surface area contributed by atoms with Crippen molar-refractivity contribution in [2.45, 2.75) is 44.0 Å². The van der Waals surface area contributed by atoms with Gasteiger partial charge in [0, 0.05) is 5.02 Å². The lowest BCUT2D eigenvalue weighted by molar-refractivity contribution is -0.136.